The third-order valence-electron chi connectivity index (χ3n) is 6.35. The first-order valence-electron chi connectivity index (χ1n) is 10.5. The van der Waals surface area contributed by atoms with Gasteiger partial charge in [0.15, 0.2) is 0 Å². The van der Waals surface area contributed by atoms with Crippen molar-refractivity contribution in [1.29, 1.82) is 0 Å². The predicted octanol–water partition coefficient (Wildman–Crippen LogP) is 2.41. The molecule has 0 aromatic heterocycles. The zero-order valence-electron chi connectivity index (χ0n) is 17.6. The summed E-state index contributed by atoms with van der Waals surface area (Å²) in [6, 6.07) is 10.3. The van der Waals surface area contributed by atoms with Gasteiger partial charge in [-0.25, -0.2) is 9.69 Å². The molecule has 1 aromatic carbocycles. The highest BCUT2D eigenvalue weighted by molar-refractivity contribution is 6.07. The van der Waals surface area contributed by atoms with E-state index in [1.54, 1.807) is 0 Å². The molecule has 2 heterocycles. The molecular weight excluding hydrogens is 352 g/mol. The number of nitrogens with zero attached hydrogens (tertiary/aromatic N) is 3. The van der Waals surface area contributed by atoms with Crippen molar-refractivity contribution in [2.75, 3.05) is 39.4 Å². The number of amides is 3. The van der Waals surface area contributed by atoms with Gasteiger partial charge in [-0.15, -0.1) is 0 Å². The van der Waals surface area contributed by atoms with Crippen molar-refractivity contribution in [2.45, 2.75) is 39.7 Å². The molecule has 3 rings (SSSR count). The van der Waals surface area contributed by atoms with Crippen molar-refractivity contribution in [1.82, 2.24) is 20.0 Å². The Morgan fingerprint density at radius 1 is 0.929 bits per heavy atom. The fourth-order valence-corrected chi connectivity index (χ4v) is 4.48. The van der Waals surface area contributed by atoms with E-state index in [1.165, 1.54) is 10.5 Å². The fraction of sp³-hybridized carbons (Fsp3) is 0.636. The van der Waals surface area contributed by atoms with Crippen molar-refractivity contribution in [3.8, 4) is 0 Å². The van der Waals surface area contributed by atoms with Crippen LogP contribution in [0.1, 0.15) is 33.3 Å². The van der Waals surface area contributed by atoms with Crippen molar-refractivity contribution >= 4 is 11.9 Å². The maximum atomic E-state index is 13.1. The van der Waals surface area contributed by atoms with E-state index in [1.807, 2.05) is 33.8 Å². The van der Waals surface area contributed by atoms with Crippen LogP contribution in [-0.2, 0) is 11.2 Å². The first-order valence-corrected chi connectivity index (χ1v) is 10.5. The lowest BCUT2D eigenvalue weighted by Crippen LogP contribution is -2.56. The summed E-state index contributed by atoms with van der Waals surface area (Å²) >= 11 is 0. The number of carbonyl (C=O) groups excluding carboxylic acids is 2. The van der Waals surface area contributed by atoms with Crippen LogP contribution in [0.3, 0.4) is 0 Å². The molecule has 0 saturated carbocycles. The van der Waals surface area contributed by atoms with E-state index in [0.717, 1.165) is 39.1 Å². The summed E-state index contributed by atoms with van der Waals surface area (Å²) in [5.74, 6) is 0.0431. The summed E-state index contributed by atoms with van der Waals surface area (Å²) in [6.07, 6.45) is 1.05. The maximum absolute atomic E-state index is 13.1. The van der Waals surface area contributed by atoms with E-state index in [4.69, 9.17) is 0 Å². The number of piperazine rings is 1. The van der Waals surface area contributed by atoms with Crippen molar-refractivity contribution in [3.63, 3.8) is 0 Å². The first kappa shape index (κ1) is 20.8. The third-order valence-corrected chi connectivity index (χ3v) is 6.35. The Morgan fingerprint density at radius 3 is 2.04 bits per heavy atom. The van der Waals surface area contributed by atoms with Gasteiger partial charge in [0.2, 0.25) is 0 Å². The second-order valence-corrected chi connectivity index (χ2v) is 8.68. The van der Waals surface area contributed by atoms with Gasteiger partial charge in [-0.2, -0.15) is 0 Å². The number of hydrogen-bond donors (Lipinski definition) is 1. The zero-order valence-corrected chi connectivity index (χ0v) is 17.6. The van der Waals surface area contributed by atoms with Crippen LogP contribution in [0, 0.1) is 11.8 Å². The second kappa shape index (κ2) is 8.62. The van der Waals surface area contributed by atoms with Crippen LogP contribution in [0.25, 0.3) is 0 Å². The lowest BCUT2D eigenvalue weighted by Gasteiger charge is -2.37. The molecule has 2 aliphatic heterocycles. The monoisotopic (exact) mass is 386 g/mol. The molecule has 0 bridgehead atoms. The summed E-state index contributed by atoms with van der Waals surface area (Å²) in [5.41, 5.74) is 0.581. The lowest BCUT2D eigenvalue weighted by atomic mass is 9.77. The van der Waals surface area contributed by atoms with Gasteiger partial charge in [0.25, 0.3) is 5.91 Å². The number of benzene rings is 1. The van der Waals surface area contributed by atoms with E-state index < -0.39 is 5.54 Å². The Balaban J connectivity index is 1.52. The van der Waals surface area contributed by atoms with Crippen molar-refractivity contribution in [3.05, 3.63) is 35.9 Å². The Hall–Kier alpha value is -1.92. The molecule has 1 aromatic rings. The molecular formula is C22H34N4O2. The molecule has 0 radical (unpaired) electrons. The fourth-order valence-electron chi connectivity index (χ4n) is 4.48. The summed E-state index contributed by atoms with van der Waals surface area (Å²) < 4.78 is 0. The lowest BCUT2D eigenvalue weighted by molar-refractivity contribution is -0.136. The molecule has 6 heteroatoms. The van der Waals surface area contributed by atoms with Gasteiger partial charge in [0.05, 0.1) is 6.67 Å². The number of hydrogen-bond acceptors (Lipinski definition) is 4. The van der Waals surface area contributed by atoms with Gasteiger partial charge in [-0.3, -0.25) is 9.69 Å². The number of carbonyl (C=O) groups is 2. The largest absolute Gasteiger partial charge is 0.326 e. The topological polar surface area (TPSA) is 55.9 Å². The average molecular weight is 387 g/mol. The Kier molecular flexibility index (Phi) is 6.40. The molecule has 3 amide bonds. The second-order valence-electron chi connectivity index (χ2n) is 8.68. The summed E-state index contributed by atoms with van der Waals surface area (Å²) in [6.45, 7) is 13.2. The van der Waals surface area contributed by atoms with Gasteiger partial charge >= 0.3 is 6.03 Å². The van der Waals surface area contributed by atoms with Crippen LogP contribution in [0.2, 0.25) is 0 Å². The van der Waals surface area contributed by atoms with Crippen LogP contribution >= 0.6 is 0 Å². The van der Waals surface area contributed by atoms with Crippen LogP contribution in [0.5, 0.6) is 0 Å². The van der Waals surface area contributed by atoms with E-state index in [-0.39, 0.29) is 23.8 Å². The number of nitrogens with one attached hydrogen (secondary N) is 1. The van der Waals surface area contributed by atoms with Crippen LogP contribution < -0.4 is 5.32 Å². The summed E-state index contributed by atoms with van der Waals surface area (Å²) in [5, 5.41) is 3.00. The molecule has 28 heavy (non-hydrogen) atoms. The van der Waals surface area contributed by atoms with E-state index in [0.29, 0.717) is 6.67 Å². The Labute approximate surface area is 168 Å². The van der Waals surface area contributed by atoms with Gasteiger partial charge in [-0.05, 0) is 23.8 Å². The van der Waals surface area contributed by atoms with Crippen molar-refractivity contribution < 1.29 is 9.59 Å². The number of imide groups is 1. The minimum atomic E-state index is -0.783. The molecule has 0 aliphatic carbocycles. The minimum Gasteiger partial charge on any atom is -0.323 e. The normalized spacial score (nSPS) is 21.0. The minimum absolute atomic E-state index is 0.0591. The number of rotatable bonds is 7. The Bertz CT molecular complexity index is 673. The highest BCUT2D eigenvalue weighted by Gasteiger charge is 2.55. The molecule has 0 spiro atoms. The summed E-state index contributed by atoms with van der Waals surface area (Å²) in [4.78, 5) is 31.8. The van der Waals surface area contributed by atoms with Gasteiger partial charge in [-0.1, -0.05) is 58.0 Å². The first-order chi connectivity index (χ1) is 13.3. The maximum Gasteiger partial charge on any atom is 0.326 e. The van der Waals surface area contributed by atoms with Crippen molar-refractivity contribution in [2.24, 2.45) is 11.8 Å². The smallest absolute Gasteiger partial charge is 0.323 e. The highest BCUT2D eigenvalue weighted by atomic mass is 16.2. The molecule has 154 valence electrons. The van der Waals surface area contributed by atoms with E-state index in [2.05, 4.69) is 39.4 Å². The van der Waals surface area contributed by atoms with E-state index >= 15 is 0 Å². The zero-order chi connectivity index (χ0) is 20.3. The van der Waals surface area contributed by atoms with Gasteiger partial charge < -0.3 is 10.2 Å². The van der Waals surface area contributed by atoms with Crippen LogP contribution in [0.15, 0.2) is 30.3 Å². The van der Waals surface area contributed by atoms with Gasteiger partial charge in [0.1, 0.15) is 5.54 Å². The quantitative estimate of drug-likeness (QED) is 0.731. The van der Waals surface area contributed by atoms with E-state index in [9.17, 15) is 9.59 Å². The Morgan fingerprint density at radius 2 is 1.50 bits per heavy atom. The van der Waals surface area contributed by atoms with Crippen LogP contribution in [0.4, 0.5) is 4.79 Å². The summed E-state index contributed by atoms with van der Waals surface area (Å²) in [7, 11) is 0. The standard InChI is InChI=1S/C22H34N4O2/c1-17(2)22(18(3)4)20(27)26(21(28)23-22)16-25-14-12-24(13-15-25)11-10-19-8-6-5-7-9-19/h5-9,17-18H,10-16H2,1-4H3,(H,23,28). The third kappa shape index (κ3) is 4.08. The predicted molar refractivity (Wildman–Crippen MR) is 111 cm³/mol. The molecule has 6 nitrogen and oxygen atoms in total. The molecule has 1 N–H and O–H groups in total. The number of urea groups is 1. The molecule has 0 atom stereocenters. The van der Waals surface area contributed by atoms with Crippen LogP contribution in [-0.4, -0.2) is 71.6 Å². The molecule has 2 saturated heterocycles. The highest BCUT2D eigenvalue weighted by Crippen LogP contribution is 2.33. The molecule has 2 aliphatic rings. The molecule has 0 unspecified atom stereocenters. The average Bonchev–Trinajstić information content (AvgIpc) is 2.94. The molecule has 2 fully saturated rings. The van der Waals surface area contributed by atoms with Gasteiger partial charge in [0, 0.05) is 32.7 Å². The SMILES string of the molecule is CC(C)C1(C(C)C)NC(=O)N(CN2CCN(CCc3ccccc3)CC2)C1=O.